The number of imidazole rings is 1. The number of nitrogens with zero attached hydrogens (tertiary/aromatic N) is 2. The minimum absolute atomic E-state index is 0.544. The van der Waals surface area contributed by atoms with Crippen LogP contribution in [0.25, 0.3) is 4.96 Å². The number of aromatic nitrogens is 2. The van der Waals surface area contributed by atoms with Crippen LogP contribution in [0.4, 0.5) is 0 Å². The van der Waals surface area contributed by atoms with Gasteiger partial charge in [-0.15, -0.1) is 11.3 Å². The highest BCUT2D eigenvalue weighted by Gasteiger charge is 2.01. The van der Waals surface area contributed by atoms with Gasteiger partial charge in [0.1, 0.15) is 0 Å². The first kappa shape index (κ1) is 10.6. The van der Waals surface area contributed by atoms with E-state index in [1.165, 1.54) is 0 Å². The minimum Gasteiger partial charge on any atom is -0.301 e. The molecule has 0 spiro atoms. The Morgan fingerprint density at radius 3 is 3.20 bits per heavy atom. The molecule has 15 heavy (non-hydrogen) atoms. The van der Waals surface area contributed by atoms with E-state index in [0.29, 0.717) is 12.5 Å². The zero-order chi connectivity index (χ0) is 10.7. The summed E-state index contributed by atoms with van der Waals surface area (Å²) in [7, 11) is 0. The summed E-state index contributed by atoms with van der Waals surface area (Å²) < 4.78 is 2.02. The maximum absolute atomic E-state index is 5.28. The first-order valence-corrected chi connectivity index (χ1v) is 5.89. The first-order valence-electron chi connectivity index (χ1n) is 5.01. The van der Waals surface area contributed by atoms with E-state index in [1.54, 1.807) is 11.3 Å². The van der Waals surface area contributed by atoms with Crippen LogP contribution in [-0.4, -0.2) is 16.0 Å². The summed E-state index contributed by atoms with van der Waals surface area (Å²) in [5, 5.41) is 2.02. The van der Waals surface area contributed by atoms with E-state index in [4.69, 9.17) is 4.84 Å². The number of hydrogen-bond acceptors (Lipinski definition) is 4. The van der Waals surface area contributed by atoms with E-state index >= 15 is 0 Å². The highest BCUT2D eigenvalue weighted by atomic mass is 32.1. The maximum Gasteiger partial charge on any atom is 0.193 e. The lowest BCUT2D eigenvalue weighted by molar-refractivity contribution is 0.0191. The Morgan fingerprint density at radius 2 is 2.47 bits per heavy atom. The lowest BCUT2D eigenvalue weighted by Gasteiger charge is -2.05. The zero-order valence-electron chi connectivity index (χ0n) is 8.93. The molecule has 0 saturated heterocycles. The van der Waals surface area contributed by atoms with Crippen LogP contribution in [0, 0.1) is 5.92 Å². The first-order chi connectivity index (χ1) is 7.25. The van der Waals surface area contributed by atoms with E-state index in [1.807, 2.05) is 22.2 Å². The number of rotatable bonds is 5. The largest absolute Gasteiger partial charge is 0.301 e. The third-order valence-electron chi connectivity index (χ3n) is 1.92. The molecule has 0 bridgehead atoms. The van der Waals surface area contributed by atoms with Crippen LogP contribution in [0.1, 0.15) is 19.5 Å². The molecule has 0 fully saturated rings. The van der Waals surface area contributed by atoms with Crippen LogP contribution in [0.2, 0.25) is 0 Å². The van der Waals surface area contributed by atoms with Crippen molar-refractivity contribution in [3.8, 4) is 0 Å². The van der Waals surface area contributed by atoms with Gasteiger partial charge in [-0.1, -0.05) is 13.8 Å². The summed E-state index contributed by atoms with van der Waals surface area (Å²) in [4.78, 5) is 10.7. The molecule has 0 saturated carbocycles. The van der Waals surface area contributed by atoms with Gasteiger partial charge >= 0.3 is 0 Å². The number of nitrogens with one attached hydrogen (secondary N) is 1. The molecule has 0 aliphatic heterocycles. The molecule has 4 nitrogen and oxygen atoms in total. The molecule has 0 radical (unpaired) electrons. The Morgan fingerprint density at radius 1 is 1.60 bits per heavy atom. The van der Waals surface area contributed by atoms with Crippen molar-refractivity contribution >= 4 is 16.3 Å². The number of hydroxylamine groups is 1. The Bertz CT molecular complexity index is 392. The van der Waals surface area contributed by atoms with Crippen LogP contribution in [0.15, 0.2) is 17.8 Å². The molecule has 1 N–H and O–H groups in total. The molecular weight excluding hydrogens is 210 g/mol. The van der Waals surface area contributed by atoms with Crippen molar-refractivity contribution in [1.82, 2.24) is 14.9 Å². The van der Waals surface area contributed by atoms with Crippen molar-refractivity contribution in [2.24, 2.45) is 5.92 Å². The van der Waals surface area contributed by atoms with Crippen LogP contribution >= 0.6 is 11.3 Å². The Kier molecular flexibility index (Phi) is 3.35. The van der Waals surface area contributed by atoms with Crippen molar-refractivity contribution in [2.75, 3.05) is 6.61 Å². The summed E-state index contributed by atoms with van der Waals surface area (Å²) in [5.74, 6) is 0.544. The van der Waals surface area contributed by atoms with Crippen LogP contribution < -0.4 is 5.48 Å². The topological polar surface area (TPSA) is 38.6 Å². The molecule has 2 heterocycles. The van der Waals surface area contributed by atoms with Gasteiger partial charge in [-0.25, -0.2) is 4.98 Å². The quantitative estimate of drug-likeness (QED) is 0.625. The predicted molar refractivity (Wildman–Crippen MR) is 60.7 cm³/mol. The average molecular weight is 225 g/mol. The molecule has 0 aliphatic rings. The number of fused-ring (bicyclic) bond motifs is 1. The van der Waals surface area contributed by atoms with Gasteiger partial charge in [0.25, 0.3) is 0 Å². The monoisotopic (exact) mass is 225 g/mol. The second kappa shape index (κ2) is 4.74. The SMILES string of the molecule is CC(C)CONCc1cn2ccsc2n1. The highest BCUT2D eigenvalue weighted by Crippen LogP contribution is 2.10. The second-order valence-corrected chi connectivity index (χ2v) is 4.72. The van der Waals surface area contributed by atoms with Gasteiger partial charge in [0.15, 0.2) is 4.96 Å². The smallest absolute Gasteiger partial charge is 0.193 e. The summed E-state index contributed by atoms with van der Waals surface area (Å²) in [5.41, 5.74) is 3.92. The minimum atomic E-state index is 0.544. The summed E-state index contributed by atoms with van der Waals surface area (Å²) in [6, 6.07) is 0. The molecule has 2 aromatic rings. The molecule has 5 heteroatoms. The fourth-order valence-electron chi connectivity index (χ4n) is 1.21. The fraction of sp³-hybridized carbons (Fsp3) is 0.500. The van der Waals surface area contributed by atoms with Crippen molar-refractivity contribution < 1.29 is 4.84 Å². The molecule has 2 aromatic heterocycles. The molecule has 0 unspecified atom stereocenters. The van der Waals surface area contributed by atoms with Crippen molar-refractivity contribution in [1.29, 1.82) is 0 Å². The van der Waals surface area contributed by atoms with Crippen molar-refractivity contribution in [3.63, 3.8) is 0 Å². The number of thiazole rings is 1. The molecule has 82 valence electrons. The maximum atomic E-state index is 5.28. The van der Waals surface area contributed by atoms with E-state index in [2.05, 4.69) is 24.3 Å². The Balaban J connectivity index is 1.82. The zero-order valence-corrected chi connectivity index (χ0v) is 9.75. The van der Waals surface area contributed by atoms with E-state index < -0.39 is 0 Å². The highest BCUT2D eigenvalue weighted by molar-refractivity contribution is 7.15. The standard InChI is InChI=1S/C10H15N3OS/c1-8(2)7-14-11-5-9-6-13-3-4-15-10(13)12-9/h3-4,6,8,11H,5,7H2,1-2H3. The molecule has 0 aliphatic carbocycles. The summed E-state index contributed by atoms with van der Waals surface area (Å²) in [6.07, 6.45) is 4.02. The molecular formula is C10H15N3OS. The lowest BCUT2D eigenvalue weighted by Crippen LogP contribution is -2.17. The number of hydrogen-bond donors (Lipinski definition) is 1. The van der Waals surface area contributed by atoms with Crippen molar-refractivity contribution in [2.45, 2.75) is 20.4 Å². The van der Waals surface area contributed by atoms with Crippen LogP contribution in [-0.2, 0) is 11.4 Å². The average Bonchev–Trinajstić information content (AvgIpc) is 2.71. The van der Waals surface area contributed by atoms with E-state index in [-0.39, 0.29) is 0 Å². The third-order valence-corrected chi connectivity index (χ3v) is 2.69. The van der Waals surface area contributed by atoms with E-state index in [9.17, 15) is 0 Å². The summed E-state index contributed by atoms with van der Waals surface area (Å²) in [6.45, 7) is 5.62. The van der Waals surface area contributed by atoms with Crippen molar-refractivity contribution in [3.05, 3.63) is 23.5 Å². The normalized spacial score (nSPS) is 11.7. The molecule has 0 atom stereocenters. The lowest BCUT2D eigenvalue weighted by atomic mass is 10.2. The van der Waals surface area contributed by atoms with Gasteiger partial charge in [0.2, 0.25) is 0 Å². The Hall–Kier alpha value is -0.910. The van der Waals surface area contributed by atoms with Gasteiger partial charge in [-0.2, -0.15) is 5.48 Å². The fourth-order valence-corrected chi connectivity index (χ4v) is 1.93. The molecule has 0 aromatic carbocycles. The van der Waals surface area contributed by atoms with Crippen LogP contribution in [0.5, 0.6) is 0 Å². The third kappa shape index (κ3) is 2.77. The van der Waals surface area contributed by atoms with Gasteiger partial charge in [0, 0.05) is 17.8 Å². The predicted octanol–water partition coefficient (Wildman–Crippen LogP) is 2.07. The van der Waals surface area contributed by atoms with Gasteiger partial charge in [-0.3, -0.25) is 4.40 Å². The van der Waals surface area contributed by atoms with Crippen LogP contribution in [0.3, 0.4) is 0 Å². The van der Waals surface area contributed by atoms with E-state index in [0.717, 1.165) is 17.3 Å². The molecule has 0 amide bonds. The van der Waals surface area contributed by atoms with Gasteiger partial charge in [0.05, 0.1) is 18.8 Å². The van der Waals surface area contributed by atoms with Gasteiger partial charge < -0.3 is 4.84 Å². The molecule has 2 rings (SSSR count). The second-order valence-electron chi connectivity index (χ2n) is 3.85. The summed E-state index contributed by atoms with van der Waals surface area (Å²) >= 11 is 1.64. The van der Waals surface area contributed by atoms with Gasteiger partial charge in [-0.05, 0) is 5.92 Å². The Labute approximate surface area is 92.9 Å².